The molecule has 16 heavy (non-hydrogen) atoms. The molecule has 0 unspecified atom stereocenters. The largest absolute Gasteiger partial charge is 0.435 e. The molecular weight excluding hydrogens is 234 g/mol. The van der Waals surface area contributed by atoms with E-state index in [1.54, 1.807) is 30.0 Å². The van der Waals surface area contributed by atoms with E-state index in [-0.39, 0.29) is 12.4 Å². The van der Waals surface area contributed by atoms with Crippen molar-refractivity contribution in [3.8, 4) is 5.75 Å². The van der Waals surface area contributed by atoms with E-state index in [1.165, 1.54) is 6.07 Å². The average molecular weight is 248 g/mol. The van der Waals surface area contributed by atoms with Crippen LogP contribution in [0.25, 0.3) is 0 Å². The Morgan fingerprint density at radius 2 is 2.06 bits per heavy atom. The maximum Gasteiger partial charge on any atom is 0.387 e. The van der Waals surface area contributed by atoms with Gasteiger partial charge in [0.05, 0.1) is 0 Å². The highest BCUT2D eigenvalue weighted by Gasteiger charge is 2.08. The highest BCUT2D eigenvalue weighted by molar-refractivity contribution is 7.98. The molecule has 2 nitrogen and oxygen atoms in total. The van der Waals surface area contributed by atoms with Crippen molar-refractivity contribution in [3.63, 3.8) is 0 Å². The number of para-hydroxylation sites is 1. The second-order valence-electron chi connectivity index (χ2n) is 3.12. The molecule has 0 aliphatic carbocycles. The van der Waals surface area contributed by atoms with Gasteiger partial charge in [0.15, 0.2) is 0 Å². The fourth-order valence-corrected chi connectivity index (χ4v) is 2.12. The highest BCUT2D eigenvalue weighted by atomic mass is 32.2. The number of thioether (sulfide) groups is 1. The fraction of sp³-hybridized carbons (Fsp3) is 0.455. The summed E-state index contributed by atoms with van der Waals surface area (Å²) in [4.78, 5) is 0. The first-order valence-electron chi connectivity index (χ1n) is 4.95. The lowest BCUT2D eigenvalue weighted by molar-refractivity contribution is -0.0503. The Kier molecular flexibility index (Phi) is 6.18. The van der Waals surface area contributed by atoms with Crippen molar-refractivity contribution in [1.29, 1.82) is 0 Å². The van der Waals surface area contributed by atoms with E-state index in [4.69, 9.17) is 5.11 Å². The normalized spacial score (nSPS) is 10.8. The topological polar surface area (TPSA) is 29.5 Å². The van der Waals surface area contributed by atoms with Crippen molar-refractivity contribution in [1.82, 2.24) is 0 Å². The van der Waals surface area contributed by atoms with E-state index in [0.29, 0.717) is 12.2 Å². The number of benzene rings is 1. The summed E-state index contributed by atoms with van der Waals surface area (Å²) in [6, 6.07) is 6.76. The van der Waals surface area contributed by atoms with Crippen molar-refractivity contribution in [2.75, 3.05) is 12.4 Å². The van der Waals surface area contributed by atoms with Crippen molar-refractivity contribution >= 4 is 11.8 Å². The first-order valence-corrected chi connectivity index (χ1v) is 6.11. The van der Waals surface area contributed by atoms with Crippen molar-refractivity contribution < 1.29 is 18.6 Å². The lowest BCUT2D eigenvalue weighted by atomic mass is 10.2. The van der Waals surface area contributed by atoms with E-state index in [9.17, 15) is 8.78 Å². The zero-order valence-electron chi connectivity index (χ0n) is 8.73. The molecule has 0 aromatic heterocycles. The Hall–Kier alpha value is -0.810. The number of rotatable bonds is 7. The molecule has 0 heterocycles. The molecule has 0 fully saturated rings. The number of hydrogen-bond acceptors (Lipinski definition) is 3. The van der Waals surface area contributed by atoms with Crippen LogP contribution >= 0.6 is 11.8 Å². The van der Waals surface area contributed by atoms with E-state index < -0.39 is 6.61 Å². The summed E-state index contributed by atoms with van der Waals surface area (Å²) in [6.45, 7) is -2.63. The van der Waals surface area contributed by atoms with Crippen molar-refractivity contribution in [3.05, 3.63) is 29.8 Å². The molecule has 90 valence electrons. The molecule has 0 radical (unpaired) electrons. The SMILES string of the molecule is OCCCSCc1ccccc1OC(F)F. The van der Waals surface area contributed by atoms with Gasteiger partial charge in [-0.3, -0.25) is 0 Å². The van der Waals surface area contributed by atoms with Crippen LogP contribution in [0, 0.1) is 0 Å². The molecule has 0 saturated heterocycles. The lowest BCUT2D eigenvalue weighted by Crippen LogP contribution is -2.04. The van der Waals surface area contributed by atoms with Gasteiger partial charge in [-0.15, -0.1) is 0 Å². The van der Waals surface area contributed by atoms with Gasteiger partial charge in [0.2, 0.25) is 0 Å². The van der Waals surface area contributed by atoms with Crippen LogP contribution in [0.15, 0.2) is 24.3 Å². The molecule has 1 rings (SSSR count). The van der Waals surface area contributed by atoms with Crippen LogP contribution in [-0.4, -0.2) is 24.1 Å². The van der Waals surface area contributed by atoms with E-state index in [0.717, 1.165) is 11.3 Å². The summed E-state index contributed by atoms with van der Waals surface area (Å²) < 4.78 is 28.6. The Morgan fingerprint density at radius 3 is 2.75 bits per heavy atom. The van der Waals surface area contributed by atoms with Gasteiger partial charge in [0.25, 0.3) is 0 Å². The second kappa shape index (κ2) is 7.46. The third-order valence-corrected chi connectivity index (χ3v) is 2.99. The van der Waals surface area contributed by atoms with Crippen LogP contribution in [-0.2, 0) is 5.75 Å². The molecule has 1 aromatic carbocycles. The molecule has 0 saturated carbocycles. The third-order valence-electron chi connectivity index (χ3n) is 1.89. The lowest BCUT2D eigenvalue weighted by Gasteiger charge is -2.09. The summed E-state index contributed by atoms with van der Waals surface area (Å²) in [5.74, 6) is 1.65. The van der Waals surface area contributed by atoms with Gasteiger partial charge >= 0.3 is 6.61 Å². The minimum atomic E-state index is -2.79. The molecule has 0 atom stereocenters. The Labute approximate surface area is 97.6 Å². The van der Waals surface area contributed by atoms with Gasteiger partial charge in [0, 0.05) is 17.9 Å². The van der Waals surface area contributed by atoms with Crippen molar-refractivity contribution in [2.45, 2.75) is 18.8 Å². The first kappa shape index (κ1) is 13.3. The molecule has 1 N–H and O–H groups in total. The molecule has 0 spiro atoms. The van der Waals surface area contributed by atoms with Crippen LogP contribution in [0.3, 0.4) is 0 Å². The molecule has 5 heteroatoms. The number of aliphatic hydroxyl groups is 1. The van der Waals surface area contributed by atoms with Crippen LogP contribution in [0.1, 0.15) is 12.0 Å². The third kappa shape index (κ3) is 4.81. The molecular formula is C11H14F2O2S. The maximum atomic E-state index is 12.1. The smallest absolute Gasteiger partial charge is 0.387 e. The Morgan fingerprint density at radius 1 is 1.31 bits per heavy atom. The van der Waals surface area contributed by atoms with Crippen LogP contribution < -0.4 is 4.74 Å². The molecule has 0 bridgehead atoms. The molecule has 0 aliphatic heterocycles. The standard InChI is InChI=1S/C11H14F2O2S/c12-11(13)15-10-5-2-1-4-9(10)8-16-7-3-6-14/h1-2,4-5,11,14H,3,6-8H2. The van der Waals surface area contributed by atoms with E-state index >= 15 is 0 Å². The predicted molar refractivity (Wildman–Crippen MR) is 60.9 cm³/mol. The van der Waals surface area contributed by atoms with Crippen LogP contribution in [0.4, 0.5) is 8.78 Å². The van der Waals surface area contributed by atoms with Gasteiger partial charge in [0.1, 0.15) is 5.75 Å². The van der Waals surface area contributed by atoms with E-state index in [2.05, 4.69) is 4.74 Å². The number of ether oxygens (including phenoxy) is 1. The van der Waals surface area contributed by atoms with E-state index in [1.807, 2.05) is 0 Å². The summed E-state index contributed by atoms with van der Waals surface area (Å²) >= 11 is 1.59. The zero-order valence-corrected chi connectivity index (χ0v) is 9.55. The first-order chi connectivity index (χ1) is 7.74. The Balaban J connectivity index is 2.50. The minimum Gasteiger partial charge on any atom is -0.435 e. The molecule has 1 aromatic rings. The number of alkyl halides is 2. The quantitative estimate of drug-likeness (QED) is 0.752. The van der Waals surface area contributed by atoms with Gasteiger partial charge < -0.3 is 9.84 Å². The number of halogens is 2. The summed E-state index contributed by atoms with van der Waals surface area (Å²) in [5, 5.41) is 8.60. The predicted octanol–water partition coefficient (Wildman–Crippen LogP) is 2.90. The monoisotopic (exact) mass is 248 g/mol. The van der Waals surface area contributed by atoms with Gasteiger partial charge in [-0.25, -0.2) is 0 Å². The minimum absolute atomic E-state index is 0.155. The van der Waals surface area contributed by atoms with Gasteiger partial charge in [-0.2, -0.15) is 20.5 Å². The fourth-order valence-electron chi connectivity index (χ4n) is 1.18. The van der Waals surface area contributed by atoms with Gasteiger partial charge in [-0.05, 0) is 18.2 Å². The molecule has 0 amide bonds. The van der Waals surface area contributed by atoms with Crippen LogP contribution in [0.2, 0.25) is 0 Å². The number of hydrogen-bond donors (Lipinski definition) is 1. The summed E-state index contributed by atoms with van der Waals surface area (Å²) in [6.07, 6.45) is 0.711. The number of aliphatic hydroxyl groups excluding tert-OH is 1. The average Bonchev–Trinajstić information content (AvgIpc) is 2.26. The Bertz CT molecular complexity index is 308. The maximum absolute atomic E-state index is 12.1. The van der Waals surface area contributed by atoms with Crippen molar-refractivity contribution in [2.24, 2.45) is 0 Å². The molecule has 0 aliphatic rings. The second-order valence-corrected chi connectivity index (χ2v) is 4.22. The van der Waals surface area contributed by atoms with Crippen LogP contribution in [0.5, 0.6) is 5.75 Å². The van der Waals surface area contributed by atoms with Gasteiger partial charge in [-0.1, -0.05) is 18.2 Å². The highest BCUT2D eigenvalue weighted by Crippen LogP contribution is 2.24. The summed E-state index contributed by atoms with van der Waals surface area (Å²) in [7, 11) is 0. The summed E-state index contributed by atoms with van der Waals surface area (Å²) in [5.41, 5.74) is 0.755. The zero-order chi connectivity index (χ0) is 11.8.